The molecule has 0 atom stereocenters. The molecule has 2 N–H and O–H groups in total. The Balaban J connectivity index is 1.87. The number of carbonyl (C=O) groups is 1. The van der Waals surface area contributed by atoms with Gasteiger partial charge in [0.25, 0.3) is 5.91 Å². The number of nitrogens with one attached hydrogen (secondary N) is 2. The van der Waals surface area contributed by atoms with E-state index in [-0.39, 0.29) is 16.9 Å². The van der Waals surface area contributed by atoms with E-state index in [0.29, 0.717) is 35.2 Å². The molecule has 1 heterocycles. The van der Waals surface area contributed by atoms with Crippen molar-refractivity contribution in [3.05, 3.63) is 65.1 Å². The molecule has 12 heteroatoms. The molecule has 0 saturated heterocycles. The predicted molar refractivity (Wildman–Crippen MR) is 166 cm³/mol. The molecule has 0 aliphatic carbocycles. The van der Waals surface area contributed by atoms with Crippen molar-refractivity contribution in [3.8, 4) is 17.4 Å². The number of hydrogen-bond acceptors (Lipinski definition) is 9. The van der Waals surface area contributed by atoms with Gasteiger partial charge in [0.2, 0.25) is 15.9 Å². The van der Waals surface area contributed by atoms with Crippen LogP contribution in [-0.4, -0.2) is 81.7 Å². The van der Waals surface area contributed by atoms with Gasteiger partial charge in [0.15, 0.2) is 5.75 Å². The van der Waals surface area contributed by atoms with Crippen LogP contribution in [0.25, 0.3) is 0 Å². The standard InChI is InChI=1S/C30H42N6O5S/c1-20-10-11-21(16-25(20)41-27-12-13-31-26(33-27)19-36(7)15-14-35(5)6)29(37)32-23-17-22(30(2,3)4)18-24(28(23)40-8)34-42(9,38)39/h10-13,16-18,34H,14-15,19H2,1-9H3,(H,32,37). The largest absolute Gasteiger partial charge is 0.492 e. The number of carbonyl (C=O) groups excluding carboxylic acids is 1. The Bertz CT molecular complexity index is 1520. The molecule has 1 amide bonds. The summed E-state index contributed by atoms with van der Waals surface area (Å²) in [5, 5.41) is 2.89. The van der Waals surface area contributed by atoms with Crippen LogP contribution in [0, 0.1) is 6.92 Å². The summed E-state index contributed by atoms with van der Waals surface area (Å²) in [6.45, 7) is 10.2. The van der Waals surface area contributed by atoms with Crippen LogP contribution in [0.4, 0.5) is 11.4 Å². The van der Waals surface area contributed by atoms with Crippen LogP contribution >= 0.6 is 0 Å². The van der Waals surface area contributed by atoms with Crippen molar-refractivity contribution >= 4 is 27.3 Å². The lowest BCUT2D eigenvalue weighted by Gasteiger charge is -2.24. The number of hydrogen-bond donors (Lipinski definition) is 2. The Morgan fingerprint density at radius 1 is 1.02 bits per heavy atom. The first kappa shape index (κ1) is 32.8. The van der Waals surface area contributed by atoms with E-state index in [1.807, 2.05) is 48.8 Å². The summed E-state index contributed by atoms with van der Waals surface area (Å²) in [7, 11) is 3.89. The number of aromatic nitrogens is 2. The maximum atomic E-state index is 13.4. The van der Waals surface area contributed by atoms with Crippen LogP contribution in [0.3, 0.4) is 0 Å². The van der Waals surface area contributed by atoms with E-state index in [1.54, 1.807) is 42.6 Å². The molecule has 0 spiro atoms. The van der Waals surface area contributed by atoms with Crippen molar-refractivity contribution < 1.29 is 22.7 Å². The molecule has 0 radical (unpaired) electrons. The minimum absolute atomic E-state index is 0.203. The van der Waals surface area contributed by atoms with E-state index in [2.05, 4.69) is 29.8 Å². The maximum absolute atomic E-state index is 13.4. The van der Waals surface area contributed by atoms with Gasteiger partial charge in [-0.3, -0.25) is 14.4 Å². The van der Waals surface area contributed by atoms with Gasteiger partial charge in [-0.1, -0.05) is 26.8 Å². The number of ether oxygens (including phenoxy) is 2. The highest BCUT2D eigenvalue weighted by Gasteiger charge is 2.23. The van der Waals surface area contributed by atoms with E-state index in [4.69, 9.17) is 9.47 Å². The Morgan fingerprint density at radius 2 is 1.71 bits per heavy atom. The van der Waals surface area contributed by atoms with Crippen LogP contribution in [0.15, 0.2) is 42.6 Å². The summed E-state index contributed by atoms with van der Waals surface area (Å²) in [5.41, 5.74) is 2.22. The predicted octanol–water partition coefficient (Wildman–Crippen LogP) is 4.50. The molecule has 0 fully saturated rings. The zero-order valence-electron chi connectivity index (χ0n) is 25.9. The van der Waals surface area contributed by atoms with Gasteiger partial charge in [-0.2, -0.15) is 4.98 Å². The first-order valence-electron chi connectivity index (χ1n) is 13.5. The third-order valence-electron chi connectivity index (χ3n) is 6.39. The zero-order valence-corrected chi connectivity index (χ0v) is 26.7. The van der Waals surface area contributed by atoms with Gasteiger partial charge in [0.05, 0.1) is 31.3 Å². The second kappa shape index (κ2) is 13.5. The van der Waals surface area contributed by atoms with Crippen LogP contribution in [0.1, 0.15) is 48.1 Å². The summed E-state index contributed by atoms with van der Waals surface area (Å²) in [6, 6.07) is 10.3. The molecule has 0 bridgehead atoms. The lowest BCUT2D eigenvalue weighted by molar-refractivity contribution is 0.102. The molecular formula is C30H42N6O5S. The highest BCUT2D eigenvalue weighted by atomic mass is 32.2. The summed E-state index contributed by atoms with van der Waals surface area (Å²) < 4.78 is 38.2. The highest BCUT2D eigenvalue weighted by molar-refractivity contribution is 7.92. The Morgan fingerprint density at radius 3 is 2.33 bits per heavy atom. The molecular weight excluding hydrogens is 556 g/mol. The molecule has 3 rings (SSSR count). The summed E-state index contributed by atoms with van der Waals surface area (Å²) in [6.07, 6.45) is 2.71. The molecule has 0 aliphatic rings. The molecule has 1 aromatic heterocycles. The first-order valence-corrected chi connectivity index (χ1v) is 15.4. The minimum atomic E-state index is -3.60. The van der Waals surface area contributed by atoms with Crippen molar-refractivity contribution in [2.75, 3.05) is 57.6 Å². The quantitative estimate of drug-likeness (QED) is 0.310. The van der Waals surface area contributed by atoms with Gasteiger partial charge in [0, 0.05) is 30.9 Å². The van der Waals surface area contributed by atoms with E-state index < -0.39 is 15.9 Å². The molecule has 42 heavy (non-hydrogen) atoms. The summed E-state index contributed by atoms with van der Waals surface area (Å²) in [4.78, 5) is 26.6. The molecule has 228 valence electrons. The molecule has 0 aliphatic heterocycles. The van der Waals surface area contributed by atoms with Crippen molar-refractivity contribution in [2.24, 2.45) is 0 Å². The lowest BCUT2D eigenvalue weighted by Crippen LogP contribution is -2.28. The Kier molecular flexibility index (Phi) is 10.5. The van der Waals surface area contributed by atoms with Crippen molar-refractivity contribution in [1.29, 1.82) is 0 Å². The molecule has 3 aromatic rings. The second-order valence-electron chi connectivity index (χ2n) is 11.6. The number of benzene rings is 2. The van der Waals surface area contributed by atoms with Gasteiger partial charge in [-0.25, -0.2) is 13.4 Å². The van der Waals surface area contributed by atoms with Gasteiger partial charge < -0.3 is 19.7 Å². The maximum Gasteiger partial charge on any atom is 0.255 e. The number of likely N-dealkylation sites (N-methyl/N-ethyl adjacent to an activating group) is 2. The number of amides is 1. The van der Waals surface area contributed by atoms with Gasteiger partial charge in [-0.15, -0.1) is 0 Å². The van der Waals surface area contributed by atoms with Gasteiger partial charge in [0.1, 0.15) is 11.6 Å². The molecule has 11 nitrogen and oxygen atoms in total. The number of rotatable bonds is 12. The van der Waals surface area contributed by atoms with Crippen LogP contribution < -0.4 is 19.5 Å². The minimum Gasteiger partial charge on any atom is -0.492 e. The van der Waals surface area contributed by atoms with E-state index >= 15 is 0 Å². The van der Waals surface area contributed by atoms with Crippen molar-refractivity contribution in [3.63, 3.8) is 0 Å². The fourth-order valence-electron chi connectivity index (χ4n) is 4.01. The van der Waals surface area contributed by atoms with E-state index in [1.165, 1.54) is 7.11 Å². The topological polar surface area (TPSA) is 126 Å². The third-order valence-corrected chi connectivity index (χ3v) is 6.98. The summed E-state index contributed by atoms with van der Waals surface area (Å²) in [5.74, 6) is 1.26. The van der Waals surface area contributed by atoms with Crippen LogP contribution in [-0.2, 0) is 22.0 Å². The number of aryl methyl sites for hydroxylation is 1. The zero-order chi connectivity index (χ0) is 31.2. The normalized spacial score (nSPS) is 12.0. The smallest absolute Gasteiger partial charge is 0.255 e. The second-order valence-corrected chi connectivity index (χ2v) is 13.4. The number of methoxy groups -OCH3 is 1. The Labute approximate surface area is 249 Å². The summed E-state index contributed by atoms with van der Waals surface area (Å²) >= 11 is 0. The first-order chi connectivity index (χ1) is 19.6. The monoisotopic (exact) mass is 598 g/mol. The van der Waals surface area contributed by atoms with Gasteiger partial charge >= 0.3 is 0 Å². The van der Waals surface area contributed by atoms with Crippen molar-refractivity contribution in [1.82, 2.24) is 19.8 Å². The molecule has 2 aromatic carbocycles. The number of nitrogens with zero attached hydrogens (tertiary/aromatic N) is 4. The van der Waals surface area contributed by atoms with Gasteiger partial charge in [-0.05, 0) is 68.9 Å². The average molecular weight is 599 g/mol. The molecule has 0 unspecified atom stereocenters. The van der Waals surface area contributed by atoms with Crippen LogP contribution in [0.5, 0.6) is 17.4 Å². The van der Waals surface area contributed by atoms with E-state index in [9.17, 15) is 13.2 Å². The fraction of sp³-hybridized carbons (Fsp3) is 0.433. The fourth-order valence-corrected chi connectivity index (χ4v) is 4.56. The molecule has 0 saturated carbocycles. The number of sulfonamides is 1. The van der Waals surface area contributed by atoms with Crippen molar-refractivity contribution in [2.45, 2.75) is 39.7 Å². The SMILES string of the molecule is COc1c(NC(=O)c2ccc(C)c(Oc3ccnc(CN(C)CCN(C)C)n3)c2)cc(C(C)(C)C)cc1NS(C)(=O)=O. The lowest BCUT2D eigenvalue weighted by atomic mass is 9.86. The Hall–Kier alpha value is -3.74. The highest BCUT2D eigenvalue weighted by Crippen LogP contribution is 2.39. The van der Waals surface area contributed by atoms with Crippen LogP contribution in [0.2, 0.25) is 0 Å². The average Bonchev–Trinajstić information content (AvgIpc) is 2.87. The number of anilines is 2. The van der Waals surface area contributed by atoms with E-state index in [0.717, 1.165) is 30.5 Å². The third kappa shape index (κ3) is 9.40.